The molecule has 1 aromatic carbocycles. The smallest absolute Gasteiger partial charge is 0.322 e. The second-order valence-corrected chi connectivity index (χ2v) is 5.63. The fraction of sp³-hybridized carbons (Fsp3) is 0.467. The van der Waals surface area contributed by atoms with Crippen molar-refractivity contribution in [1.82, 2.24) is 4.90 Å². The van der Waals surface area contributed by atoms with E-state index in [0.717, 1.165) is 12.0 Å². The van der Waals surface area contributed by atoms with Crippen molar-refractivity contribution in [2.24, 2.45) is 11.7 Å². The number of carbonyl (C=O) groups is 2. The maximum Gasteiger partial charge on any atom is 0.322 e. The number of piperidine rings is 1. The van der Waals surface area contributed by atoms with Crippen molar-refractivity contribution in [3.8, 4) is 0 Å². The third kappa shape index (κ3) is 3.71. The topological polar surface area (TPSA) is 75.4 Å². The summed E-state index contributed by atoms with van der Waals surface area (Å²) in [4.78, 5) is 25.2. The molecule has 3 amide bonds. The standard InChI is InChI=1S/C15H20FN3O2/c1-9-5-12(16)7-13(6-9)18-15(21)19-8-11(14(17)20)4-3-10(19)2/h5-7,10-11H,3-4,8H2,1-2H3,(H2,17,20)(H,18,21)/t10-,11-/m1/s1. The van der Waals surface area contributed by atoms with Crippen LogP contribution in [0.15, 0.2) is 18.2 Å². The minimum absolute atomic E-state index is 0.0234. The van der Waals surface area contributed by atoms with Crippen LogP contribution >= 0.6 is 0 Å². The predicted octanol–water partition coefficient (Wildman–Crippen LogP) is 2.25. The number of anilines is 1. The van der Waals surface area contributed by atoms with E-state index in [4.69, 9.17) is 5.73 Å². The van der Waals surface area contributed by atoms with Crippen molar-refractivity contribution in [3.05, 3.63) is 29.6 Å². The molecule has 1 fully saturated rings. The second kappa shape index (κ2) is 6.11. The number of nitrogens with two attached hydrogens (primary N) is 1. The van der Waals surface area contributed by atoms with Gasteiger partial charge in [0.15, 0.2) is 0 Å². The van der Waals surface area contributed by atoms with Crippen molar-refractivity contribution in [2.45, 2.75) is 32.7 Å². The summed E-state index contributed by atoms with van der Waals surface area (Å²) >= 11 is 0. The van der Waals surface area contributed by atoms with Crippen LogP contribution in [0.3, 0.4) is 0 Å². The SMILES string of the molecule is Cc1cc(F)cc(NC(=O)N2C[C@H](C(N)=O)CC[C@H]2C)c1. The van der Waals surface area contributed by atoms with Crippen LogP contribution in [0.25, 0.3) is 0 Å². The number of urea groups is 1. The molecular formula is C15H20FN3O2. The van der Waals surface area contributed by atoms with Gasteiger partial charge < -0.3 is 16.0 Å². The van der Waals surface area contributed by atoms with E-state index < -0.39 is 5.82 Å². The molecule has 0 spiro atoms. The maximum atomic E-state index is 13.3. The Labute approximate surface area is 123 Å². The Kier molecular flexibility index (Phi) is 4.45. The summed E-state index contributed by atoms with van der Waals surface area (Å²) in [5.41, 5.74) is 6.46. The molecule has 1 heterocycles. The van der Waals surface area contributed by atoms with E-state index in [1.807, 2.05) is 6.92 Å². The van der Waals surface area contributed by atoms with Gasteiger partial charge in [0, 0.05) is 18.3 Å². The number of benzene rings is 1. The minimum Gasteiger partial charge on any atom is -0.369 e. The van der Waals surface area contributed by atoms with E-state index in [2.05, 4.69) is 5.32 Å². The van der Waals surface area contributed by atoms with Gasteiger partial charge in [-0.2, -0.15) is 0 Å². The lowest BCUT2D eigenvalue weighted by Gasteiger charge is -2.36. The maximum absolute atomic E-state index is 13.3. The van der Waals surface area contributed by atoms with Gasteiger partial charge >= 0.3 is 6.03 Å². The Morgan fingerprint density at radius 2 is 2.05 bits per heavy atom. The van der Waals surface area contributed by atoms with Gasteiger partial charge in [-0.1, -0.05) is 0 Å². The summed E-state index contributed by atoms with van der Waals surface area (Å²) < 4.78 is 13.3. The van der Waals surface area contributed by atoms with Crippen LogP contribution < -0.4 is 11.1 Å². The van der Waals surface area contributed by atoms with Gasteiger partial charge in [-0.25, -0.2) is 9.18 Å². The van der Waals surface area contributed by atoms with Crippen LogP contribution in [-0.4, -0.2) is 29.4 Å². The zero-order chi connectivity index (χ0) is 15.6. The number of hydrogen-bond acceptors (Lipinski definition) is 2. The number of rotatable bonds is 2. The van der Waals surface area contributed by atoms with Gasteiger partial charge in [0.2, 0.25) is 5.91 Å². The van der Waals surface area contributed by atoms with Crippen LogP contribution in [0.5, 0.6) is 0 Å². The van der Waals surface area contributed by atoms with E-state index in [1.54, 1.807) is 17.9 Å². The first-order chi connectivity index (χ1) is 9.86. The third-order valence-corrected chi connectivity index (χ3v) is 3.84. The van der Waals surface area contributed by atoms with Crippen LogP contribution in [-0.2, 0) is 4.79 Å². The fourth-order valence-electron chi connectivity index (χ4n) is 2.63. The molecule has 2 rings (SSSR count). The number of amides is 3. The molecular weight excluding hydrogens is 273 g/mol. The third-order valence-electron chi connectivity index (χ3n) is 3.84. The fourth-order valence-corrected chi connectivity index (χ4v) is 2.63. The van der Waals surface area contributed by atoms with E-state index >= 15 is 0 Å². The van der Waals surface area contributed by atoms with E-state index in [1.165, 1.54) is 12.1 Å². The minimum atomic E-state index is -0.396. The van der Waals surface area contributed by atoms with Gasteiger partial charge in [0.1, 0.15) is 5.82 Å². The van der Waals surface area contributed by atoms with E-state index in [9.17, 15) is 14.0 Å². The number of nitrogens with one attached hydrogen (secondary N) is 1. The molecule has 0 bridgehead atoms. The molecule has 1 aliphatic rings. The van der Waals surface area contributed by atoms with Crippen LogP contribution in [0.1, 0.15) is 25.3 Å². The number of nitrogens with zero attached hydrogens (tertiary/aromatic N) is 1. The zero-order valence-electron chi connectivity index (χ0n) is 12.2. The summed E-state index contributed by atoms with van der Waals surface area (Å²) in [5.74, 6) is -1.10. The number of aryl methyl sites for hydroxylation is 1. The first-order valence-corrected chi connectivity index (χ1v) is 7.01. The highest BCUT2D eigenvalue weighted by Crippen LogP contribution is 2.23. The van der Waals surface area contributed by atoms with Gasteiger partial charge in [0.05, 0.1) is 5.92 Å². The molecule has 1 aliphatic heterocycles. The lowest BCUT2D eigenvalue weighted by molar-refractivity contribution is -0.123. The van der Waals surface area contributed by atoms with E-state index in [0.29, 0.717) is 18.7 Å². The Morgan fingerprint density at radius 3 is 2.67 bits per heavy atom. The molecule has 5 nitrogen and oxygen atoms in total. The first kappa shape index (κ1) is 15.3. The van der Waals surface area contributed by atoms with Crippen LogP contribution in [0.2, 0.25) is 0 Å². The number of likely N-dealkylation sites (tertiary alicyclic amines) is 1. The average Bonchev–Trinajstić information content (AvgIpc) is 2.37. The summed E-state index contributed by atoms with van der Waals surface area (Å²) in [6.07, 6.45) is 1.42. The van der Waals surface area contributed by atoms with Crippen LogP contribution in [0, 0.1) is 18.7 Å². The first-order valence-electron chi connectivity index (χ1n) is 7.01. The van der Waals surface area contributed by atoms with Gasteiger partial charge in [-0.15, -0.1) is 0 Å². The Balaban J connectivity index is 2.09. The highest BCUT2D eigenvalue weighted by Gasteiger charge is 2.31. The molecule has 1 aromatic rings. The largest absolute Gasteiger partial charge is 0.369 e. The molecule has 3 N–H and O–H groups in total. The lowest BCUT2D eigenvalue weighted by atomic mass is 9.93. The number of halogens is 1. The summed E-state index contributed by atoms with van der Waals surface area (Å²) in [5, 5.41) is 2.68. The quantitative estimate of drug-likeness (QED) is 0.877. The second-order valence-electron chi connectivity index (χ2n) is 5.63. The Morgan fingerprint density at radius 1 is 1.33 bits per heavy atom. The number of carbonyl (C=O) groups excluding carboxylic acids is 2. The molecule has 0 saturated carbocycles. The predicted molar refractivity (Wildman–Crippen MR) is 78.2 cm³/mol. The molecule has 114 valence electrons. The average molecular weight is 293 g/mol. The molecule has 0 radical (unpaired) electrons. The van der Waals surface area contributed by atoms with Gasteiger partial charge in [-0.05, 0) is 50.5 Å². The number of hydrogen-bond donors (Lipinski definition) is 2. The molecule has 21 heavy (non-hydrogen) atoms. The van der Waals surface area contributed by atoms with Crippen molar-refractivity contribution in [3.63, 3.8) is 0 Å². The summed E-state index contributed by atoms with van der Waals surface area (Å²) in [6, 6.07) is 4.04. The Hall–Kier alpha value is -2.11. The molecule has 2 atom stereocenters. The Bertz CT molecular complexity index is 542. The highest BCUT2D eigenvalue weighted by molar-refractivity contribution is 5.90. The zero-order valence-corrected chi connectivity index (χ0v) is 12.2. The van der Waals surface area contributed by atoms with Crippen molar-refractivity contribution < 1.29 is 14.0 Å². The molecule has 0 aliphatic carbocycles. The van der Waals surface area contributed by atoms with Gasteiger partial charge in [0.25, 0.3) is 0 Å². The van der Waals surface area contributed by atoms with Crippen molar-refractivity contribution in [1.29, 1.82) is 0 Å². The normalized spacial score (nSPS) is 22.0. The van der Waals surface area contributed by atoms with E-state index in [-0.39, 0.29) is 23.9 Å². The summed E-state index contributed by atoms with van der Waals surface area (Å²) in [7, 11) is 0. The molecule has 1 saturated heterocycles. The highest BCUT2D eigenvalue weighted by atomic mass is 19.1. The van der Waals surface area contributed by atoms with Crippen molar-refractivity contribution >= 4 is 17.6 Å². The van der Waals surface area contributed by atoms with Crippen molar-refractivity contribution in [2.75, 3.05) is 11.9 Å². The monoisotopic (exact) mass is 293 g/mol. The molecule has 0 unspecified atom stereocenters. The van der Waals surface area contributed by atoms with Crippen LogP contribution in [0.4, 0.5) is 14.9 Å². The summed E-state index contributed by atoms with van der Waals surface area (Å²) in [6.45, 7) is 3.98. The lowest BCUT2D eigenvalue weighted by Crippen LogP contribution is -2.50. The van der Waals surface area contributed by atoms with Gasteiger partial charge in [-0.3, -0.25) is 4.79 Å². The molecule has 0 aromatic heterocycles. The number of primary amides is 1. The molecule has 6 heteroatoms.